The van der Waals surface area contributed by atoms with Gasteiger partial charge in [-0.1, -0.05) is 155 Å². The second-order valence-electron chi connectivity index (χ2n) is 15.7. The molecule has 0 aliphatic carbocycles. The molecule has 0 N–H and O–H groups in total. The zero-order valence-electron chi connectivity index (χ0n) is 38.1. The fraction of sp³-hybridized carbons (Fsp3) is 0.600. The Hall–Kier alpha value is -3.33. The van der Waals surface area contributed by atoms with Gasteiger partial charge in [-0.05, 0) is 83.5 Å². The monoisotopic (exact) mass is 856 g/mol. The first kappa shape index (κ1) is 56.7. The summed E-state index contributed by atoms with van der Waals surface area (Å²) in [6, 6.07) is 0. The molecule has 0 amide bonds. The number of likely N-dealkylation sites (N-methyl/N-ethyl adjacent to an activating group) is 1. The van der Waals surface area contributed by atoms with Gasteiger partial charge in [-0.2, -0.15) is 0 Å². The van der Waals surface area contributed by atoms with Gasteiger partial charge >= 0.3 is 11.9 Å². The van der Waals surface area contributed by atoms with Crippen LogP contribution in [0.1, 0.15) is 142 Å². The van der Waals surface area contributed by atoms with Crippen molar-refractivity contribution >= 4 is 19.8 Å². The summed E-state index contributed by atoms with van der Waals surface area (Å²) in [4.78, 5) is 37.5. The number of carbonyl (C=O) groups excluding carboxylic acids is 2. The van der Waals surface area contributed by atoms with E-state index in [1.807, 2.05) is 39.4 Å². The number of allylic oxidation sites excluding steroid dienone is 18. The van der Waals surface area contributed by atoms with Crippen molar-refractivity contribution in [1.29, 1.82) is 0 Å². The summed E-state index contributed by atoms with van der Waals surface area (Å²) in [7, 11) is 1.08. The number of esters is 2. The molecule has 0 aromatic carbocycles. The lowest BCUT2D eigenvalue weighted by molar-refractivity contribution is -0.870. The van der Waals surface area contributed by atoms with E-state index >= 15 is 0 Å². The Morgan fingerprint density at radius 1 is 0.533 bits per heavy atom. The minimum atomic E-state index is -4.66. The van der Waals surface area contributed by atoms with Crippen LogP contribution in [0.2, 0.25) is 0 Å². The van der Waals surface area contributed by atoms with E-state index < -0.39 is 32.5 Å². The Balaban J connectivity index is 4.58. The number of nitrogens with zero attached hydrogens (tertiary/aromatic N) is 1. The molecule has 0 spiro atoms. The number of phosphoric acid groups is 1. The normalized spacial score (nSPS) is 14.6. The Morgan fingerprint density at radius 2 is 0.983 bits per heavy atom. The number of phosphoric ester groups is 1. The molecule has 10 heteroatoms. The highest BCUT2D eigenvalue weighted by Crippen LogP contribution is 2.38. The van der Waals surface area contributed by atoms with E-state index in [2.05, 4.69) is 105 Å². The zero-order valence-corrected chi connectivity index (χ0v) is 39.0. The van der Waals surface area contributed by atoms with Crippen LogP contribution in [0.4, 0.5) is 0 Å². The molecule has 0 bridgehead atoms. The standard InChI is InChI=1S/C50H82NO8P/c1-6-8-10-12-14-16-18-20-22-24-25-27-28-30-32-34-36-38-40-42-49(52)56-46-48(47-58-60(54,55)57-45-44-51(3,4)5)59-50(53)43-41-39-37-35-33-31-29-26-23-21-19-17-15-13-11-9-7-2/h8,10,14,16,20-23,25,27,29-32,35-38,48H,6-7,9,11-13,15,17-19,24,26,28,33-34,39-47H2,1-5H3/b10-8+,16-14+,22-20+,23-21+,27-25+,31-29+,32-30+,37-35+,38-36+/t48-/m1/s1. The van der Waals surface area contributed by atoms with Gasteiger partial charge in [-0.15, -0.1) is 0 Å². The van der Waals surface area contributed by atoms with Crippen molar-refractivity contribution < 1.29 is 42.1 Å². The van der Waals surface area contributed by atoms with E-state index in [1.165, 1.54) is 38.5 Å². The first-order valence-electron chi connectivity index (χ1n) is 22.6. The van der Waals surface area contributed by atoms with Crippen molar-refractivity contribution in [2.45, 2.75) is 148 Å². The zero-order chi connectivity index (χ0) is 44.3. The van der Waals surface area contributed by atoms with Crippen LogP contribution < -0.4 is 4.89 Å². The van der Waals surface area contributed by atoms with Gasteiger partial charge in [0.2, 0.25) is 0 Å². The summed E-state index contributed by atoms with van der Waals surface area (Å²) >= 11 is 0. The highest BCUT2D eigenvalue weighted by Gasteiger charge is 2.21. The van der Waals surface area contributed by atoms with Gasteiger partial charge in [0, 0.05) is 12.8 Å². The third-order valence-corrected chi connectivity index (χ3v) is 9.75. The molecular weight excluding hydrogens is 774 g/mol. The van der Waals surface area contributed by atoms with E-state index in [4.69, 9.17) is 18.5 Å². The molecule has 0 aliphatic heterocycles. The number of hydrogen-bond donors (Lipinski definition) is 0. The van der Waals surface area contributed by atoms with E-state index in [1.54, 1.807) is 0 Å². The van der Waals surface area contributed by atoms with Crippen LogP contribution >= 0.6 is 7.82 Å². The molecule has 0 heterocycles. The van der Waals surface area contributed by atoms with E-state index in [0.717, 1.165) is 57.8 Å². The molecular formula is C50H82NO8P. The molecule has 0 aliphatic rings. The topological polar surface area (TPSA) is 111 Å². The van der Waals surface area contributed by atoms with Crippen molar-refractivity contribution in [3.8, 4) is 0 Å². The molecule has 9 nitrogen and oxygen atoms in total. The maximum atomic E-state index is 12.7. The van der Waals surface area contributed by atoms with Crippen LogP contribution in [0.5, 0.6) is 0 Å². The van der Waals surface area contributed by atoms with Crippen LogP contribution in [-0.4, -0.2) is 70.0 Å². The highest BCUT2D eigenvalue weighted by molar-refractivity contribution is 7.45. The first-order chi connectivity index (χ1) is 29.0. The van der Waals surface area contributed by atoms with Crippen LogP contribution in [0.15, 0.2) is 109 Å². The molecule has 2 atom stereocenters. The third-order valence-electron chi connectivity index (χ3n) is 8.79. The minimum Gasteiger partial charge on any atom is -0.756 e. The van der Waals surface area contributed by atoms with Crippen molar-refractivity contribution in [3.05, 3.63) is 109 Å². The maximum absolute atomic E-state index is 12.7. The number of quaternary nitrogens is 1. The van der Waals surface area contributed by atoms with Gasteiger partial charge in [-0.25, -0.2) is 0 Å². The molecule has 0 fully saturated rings. The maximum Gasteiger partial charge on any atom is 0.306 e. The quantitative estimate of drug-likeness (QED) is 0.0198. The van der Waals surface area contributed by atoms with Crippen LogP contribution in [0.25, 0.3) is 0 Å². The summed E-state index contributed by atoms with van der Waals surface area (Å²) in [5, 5.41) is 0. The summed E-state index contributed by atoms with van der Waals surface area (Å²) in [6.07, 6.45) is 55.7. The highest BCUT2D eigenvalue weighted by atomic mass is 31.2. The summed E-state index contributed by atoms with van der Waals surface area (Å²) in [5.41, 5.74) is 0. The average molecular weight is 856 g/mol. The fourth-order valence-electron chi connectivity index (χ4n) is 5.28. The molecule has 0 aromatic rings. The largest absolute Gasteiger partial charge is 0.756 e. The number of rotatable bonds is 39. The number of hydrogen-bond acceptors (Lipinski definition) is 8. The molecule has 0 rings (SSSR count). The van der Waals surface area contributed by atoms with Crippen LogP contribution in [0.3, 0.4) is 0 Å². The molecule has 0 saturated carbocycles. The fourth-order valence-corrected chi connectivity index (χ4v) is 6.01. The Bertz CT molecular complexity index is 1380. The second-order valence-corrected chi connectivity index (χ2v) is 17.1. The lowest BCUT2D eigenvalue weighted by Crippen LogP contribution is -2.37. The Morgan fingerprint density at radius 3 is 1.48 bits per heavy atom. The number of ether oxygens (including phenoxy) is 2. The van der Waals surface area contributed by atoms with Gasteiger partial charge in [0.1, 0.15) is 19.8 Å². The third kappa shape index (κ3) is 44.2. The van der Waals surface area contributed by atoms with E-state index in [9.17, 15) is 19.0 Å². The minimum absolute atomic E-state index is 0.0576. The van der Waals surface area contributed by atoms with Gasteiger partial charge in [-0.3, -0.25) is 14.2 Å². The molecule has 0 saturated heterocycles. The van der Waals surface area contributed by atoms with E-state index in [-0.39, 0.29) is 26.1 Å². The van der Waals surface area contributed by atoms with Crippen LogP contribution in [-0.2, 0) is 32.7 Å². The lowest BCUT2D eigenvalue weighted by Gasteiger charge is -2.28. The van der Waals surface area contributed by atoms with Gasteiger partial charge < -0.3 is 27.9 Å². The Labute approximate surface area is 366 Å². The predicted molar refractivity (Wildman–Crippen MR) is 249 cm³/mol. The van der Waals surface area contributed by atoms with E-state index in [0.29, 0.717) is 30.3 Å². The number of carbonyl (C=O) groups is 2. The van der Waals surface area contributed by atoms with Crippen molar-refractivity contribution in [2.75, 3.05) is 47.5 Å². The molecule has 1 unspecified atom stereocenters. The SMILES string of the molecule is CC/C=C/C/C=C/C/C=C/C/C=C/C/C=C/C/C=C/CCC(=O)OC[C@H](COP(=O)([O-])OCC[N+](C)(C)C)OC(=O)CCC/C=C/C/C=C/C/C=C/CCCCCCCC. The van der Waals surface area contributed by atoms with Gasteiger partial charge in [0.05, 0.1) is 27.7 Å². The number of unbranched alkanes of at least 4 members (excludes halogenated alkanes) is 7. The van der Waals surface area contributed by atoms with Crippen molar-refractivity contribution in [1.82, 2.24) is 0 Å². The van der Waals surface area contributed by atoms with Gasteiger partial charge in [0.25, 0.3) is 7.82 Å². The predicted octanol–water partition coefficient (Wildman–Crippen LogP) is 12.5. The smallest absolute Gasteiger partial charge is 0.306 e. The van der Waals surface area contributed by atoms with Crippen molar-refractivity contribution in [3.63, 3.8) is 0 Å². The average Bonchev–Trinajstić information content (AvgIpc) is 3.20. The Kier molecular flexibility index (Phi) is 38.8. The molecule has 340 valence electrons. The second kappa shape index (κ2) is 41.0. The van der Waals surface area contributed by atoms with Crippen molar-refractivity contribution in [2.24, 2.45) is 0 Å². The molecule has 0 aromatic heterocycles. The summed E-state index contributed by atoms with van der Waals surface area (Å²) < 4.78 is 33.7. The summed E-state index contributed by atoms with van der Waals surface area (Å²) in [5.74, 6) is -1.01. The molecule has 60 heavy (non-hydrogen) atoms. The summed E-state index contributed by atoms with van der Waals surface area (Å²) in [6.45, 7) is 3.93. The van der Waals surface area contributed by atoms with Crippen LogP contribution in [0, 0.1) is 0 Å². The molecule has 0 radical (unpaired) electrons. The van der Waals surface area contributed by atoms with Gasteiger partial charge in [0.15, 0.2) is 6.10 Å². The lowest BCUT2D eigenvalue weighted by atomic mass is 10.1. The first-order valence-corrected chi connectivity index (χ1v) is 24.1.